The first kappa shape index (κ1) is 11.3. The van der Waals surface area contributed by atoms with Gasteiger partial charge in [-0.15, -0.1) is 0 Å². The van der Waals surface area contributed by atoms with Crippen LogP contribution in [0.15, 0.2) is 29.3 Å². The highest BCUT2D eigenvalue weighted by atomic mass is 16.2. The molecule has 1 aromatic carbocycles. The fourth-order valence-electron chi connectivity index (χ4n) is 3.32. The van der Waals surface area contributed by atoms with Gasteiger partial charge in [0.1, 0.15) is 11.4 Å². The van der Waals surface area contributed by atoms with Crippen LogP contribution < -0.4 is 5.73 Å². The fraction of sp³-hybridized carbons (Fsp3) is 0.429. The van der Waals surface area contributed by atoms with Gasteiger partial charge in [0, 0.05) is 6.54 Å². The van der Waals surface area contributed by atoms with E-state index in [1.165, 1.54) is 5.56 Å². The Hall–Kier alpha value is -1.84. The van der Waals surface area contributed by atoms with Gasteiger partial charge in [-0.05, 0) is 37.3 Å². The van der Waals surface area contributed by atoms with Gasteiger partial charge in [-0.2, -0.15) is 4.99 Å². The van der Waals surface area contributed by atoms with Gasteiger partial charge >= 0.3 is 6.03 Å². The Labute approximate surface area is 106 Å². The van der Waals surface area contributed by atoms with Crippen molar-refractivity contribution in [2.24, 2.45) is 10.7 Å². The maximum absolute atomic E-state index is 12.0. The molecule has 0 fully saturated rings. The zero-order valence-corrected chi connectivity index (χ0v) is 10.5. The van der Waals surface area contributed by atoms with E-state index >= 15 is 0 Å². The standard InChI is InChI=1S/C14H17N3O/c1-2-17-13(18)16-12(15)14(17)9-5-7-10-6-3-4-8-11(10)14/h3-4,6,8H,2,5,7,9H2,1H3,(H2,15,16,18). The van der Waals surface area contributed by atoms with Crippen LogP contribution in [-0.2, 0) is 12.0 Å². The molecular weight excluding hydrogens is 226 g/mol. The number of hydrogen-bond acceptors (Lipinski definition) is 2. The Kier molecular flexibility index (Phi) is 2.40. The number of amidine groups is 1. The number of fused-ring (bicyclic) bond motifs is 2. The summed E-state index contributed by atoms with van der Waals surface area (Å²) in [6.07, 6.45) is 2.97. The number of carbonyl (C=O) groups is 1. The van der Waals surface area contributed by atoms with E-state index in [2.05, 4.69) is 17.1 Å². The van der Waals surface area contributed by atoms with Crippen LogP contribution in [0, 0.1) is 0 Å². The summed E-state index contributed by atoms with van der Waals surface area (Å²) in [4.78, 5) is 17.8. The summed E-state index contributed by atoms with van der Waals surface area (Å²) in [5.74, 6) is 0.460. The second-order valence-corrected chi connectivity index (χ2v) is 4.89. The largest absolute Gasteiger partial charge is 0.385 e. The van der Waals surface area contributed by atoms with Crippen LogP contribution in [0.1, 0.15) is 30.9 Å². The topological polar surface area (TPSA) is 58.7 Å². The van der Waals surface area contributed by atoms with E-state index in [1.807, 2.05) is 19.1 Å². The molecule has 2 amide bonds. The van der Waals surface area contributed by atoms with Gasteiger partial charge in [-0.1, -0.05) is 24.3 Å². The van der Waals surface area contributed by atoms with Gasteiger partial charge in [0.2, 0.25) is 0 Å². The second-order valence-electron chi connectivity index (χ2n) is 4.89. The molecule has 1 aliphatic heterocycles. The third kappa shape index (κ3) is 1.26. The van der Waals surface area contributed by atoms with E-state index in [-0.39, 0.29) is 6.03 Å². The molecule has 0 aromatic heterocycles. The molecule has 94 valence electrons. The number of nitrogens with zero attached hydrogens (tertiary/aromatic N) is 2. The lowest BCUT2D eigenvalue weighted by Gasteiger charge is -2.41. The maximum atomic E-state index is 12.0. The Morgan fingerprint density at radius 2 is 2.22 bits per heavy atom. The Morgan fingerprint density at radius 3 is 3.00 bits per heavy atom. The SMILES string of the molecule is CCN1C(=O)N=C(N)C12CCCc1ccccc12. The van der Waals surface area contributed by atoms with Crippen LogP contribution in [0.2, 0.25) is 0 Å². The Balaban J connectivity index is 2.22. The molecule has 0 radical (unpaired) electrons. The normalized spacial score (nSPS) is 26.4. The zero-order valence-electron chi connectivity index (χ0n) is 10.5. The molecule has 0 saturated carbocycles. The van der Waals surface area contributed by atoms with Gasteiger partial charge in [-0.25, -0.2) is 4.79 Å². The van der Waals surface area contributed by atoms with Gasteiger partial charge < -0.3 is 10.6 Å². The maximum Gasteiger partial charge on any atom is 0.346 e. The van der Waals surface area contributed by atoms with Crippen molar-refractivity contribution < 1.29 is 4.79 Å². The van der Waals surface area contributed by atoms with E-state index in [0.29, 0.717) is 12.4 Å². The number of benzene rings is 1. The third-order valence-electron chi connectivity index (χ3n) is 4.10. The molecule has 18 heavy (non-hydrogen) atoms. The first-order valence-electron chi connectivity index (χ1n) is 6.45. The molecule has 0 bridgehead atoms. The van der Waals surface area contributed by atoms with Gasteiger partial charge in [0.25, 0.3) is 0 Å². The molecular formula is C14H17N3O. The van der Waals surface area contributed by atoms with Gasteiger partial charge in [-0.3, -0.25) is 0 Å². The van der Waals surface area contributed by atoms with Crippen molar-refractivity contribution in [1.29, 1.82) is 0 Å². The summed E-state index contributed by atoms with van der Waals surface area (Å²) in [5, 5.41) is 0. The third-order valence-corrected chi connectivity index (χ3v) is 4.10. The molecule has 1 spiro atoms. The summed E-state index contributed by atoms with van der Waals surface area (Å²) in [6.45, 7) is 2.61. The first-order valence-corrected chi connectivity index (χ1v) is 6.45. The molecule has 2 N–H and O–H groups in total. The minimum Gasteiger partial charge on any atom is -0.385 e. The number of rotatable bonds is 1. The van der Waals surface area contributed by atoms with Crippen molar-refractivity contribution in [3.8, 4) is 0 Å². The van der Waals surface area contributed by atoms with Crippen molar-refractivity contribution >= 4 is 11.9 Å². The number of hydrogen-bond donors (Lipinski definition) is 1. The van der Waals surface area contributed by atoms with Crippen LogP contribution in [0.3, 0.4) is 0 Å². The highest BCUT2D eigenvalue weighted by Gasteiger charge is 2.50. The highest BCUT2D eigenvalue weighted by Crippen LogP contribution is 2.43. The lowest BCUT2D eigenvalue weighted by molar-refractivity contribution is 0.164. The number of likely N-dealkylation sites (N-methyl/N-ethyl adjacent to an activating group) is 1. The number of amides is 2. The number of urea groups is 1. The van der Waals surface area contributed by atoms with E-state index in [1.54, 1.807) is 4.90 Å². The van der Waals surface area contributed by atoms with Gasteiger partial charge in [0.05, 0.1) is 0 Å². The summed E-state index contributed by atoms with van der Waals surface area (Å²) >= 11 is 0. The molecule has 4 nitrogen and oxygen atoms in total. The first-order chi connectivity index (χ1) is 8.70. The molecule has 1 unspecified atom stereocenters. The average molecular weight is 243 g/mol. The second kappa shape index (κ2) is 3.83. The average Bonchev–Trinajstić information content (AvgIpc) is 2.62. The Bertz CT molecular complexity index is 538. The quantitative estimate of drug-likeness (QED) is 0.820. The van der Waals surface area contributed by atoms with E-state index in [0.717, 1.165) is 24.8 Å². The van der Waals surface area contributed by atoms with E-state index < -0.39 is 5.54 Å². The lowest BCUT2D eigenvalue weighted by atomic mass is 9.75. The monoisotopic (exact) mass is 243 g/mol. The smallest absolute Gasteiger partial charge is 0.346 e. The summed E-state index contributed by atoms with van der Waals surface area (Å²) in [7, 11) is 0. The molecule has 4 heteroatoms. The molecule has 1 atom stereocenters. The van der Waals surface area contributed by atoms with Crippen LogP contribution in [-0.4, -0.2) is 23.3 Å². The van der Waals surface area contributed by atoms with E-state index in [4.69, 9.17) is 5.73 Å². The van der Waals surface area contributed by atoms with Crippen LogP contribution in [0.4, 0.5) is 4.79 Å². The van der Waals surface area contributed by atoms with Crippen molar-refractivity contribution in [3.63, 3.8) is 0 Å². The van der Waals surface area contributed by atoms with Crippen LogP contribution in [0.25, 0.3) is 0 Å². The molecule has 3 rings (SSSR count). The van der Waals surface area contributed by atoms with Crippen molar-refractivity contribution in [1.82, 2.24) is 4.90 Å². The zero-order chi connectivity index (χ0) is 12.8. The molecule has 1 aromatic rings. The number of aliphatic imine (C=N–C) groups is 1. The minimum absolute atomic E-state index is 0.202. The summed E-state index contributed by atoms with van der Waals surface area (Å²) in [5.41, 5.74) is 8.06. The number of carbonyl (C=O) groups excluding carboxylic acids is 1. The molecule has 2 aliphatic rings. The van der Waals surface area contributed by atoms with Crippen LogP contribution >= 0.6 is 0 Å². The summed E-state index contributed by atoms with van der Waals surface area (Å²) < 4.78 is 0. The molecule has 0 saturated heterocycles. The fourth-order valence-corrected chi connectivity index (χ4v) is 3.32. The Morgan fingerprint density at radius 1 is 1.44 bits per heavy atom. The van der Waals surface area contributed by atoms with Crippen molar-refractivity contribution in [3.05, 3.63) is 35.4 Å². The predicted molar refractivity (Wildman–Crippen MR) is 70.5 cm³/mol. The lowest BCUT2D eigenvalue weighted by Crippen LogP contribution is -2.53. The minimum atomic E-state index is -0.485. The summed E-state index contributed by atoms with van der Waals surface area (Å²) in [6, 6.07) is 8.05. The molecule has 1 aliphatic carbocycles. The molecule has 1 heterocycles. The predicted octanol–water partition coefficient (Wildman–Crippen LogP) is 2.03. The van der Waals surface area contributed by atoms with Gasteiger partial charge in [0.15, 0.2) is 0 Å². The van der Waals surface area contributed by atoms with Crippen molar-refractivity contribution in [2.45, 2.75) is 31.7 Å². The van der Waals surface area contributed by atoms with E-state index in [9.17, 15) is 4.79 Å². The number of aryl methyl sites for hydroxylation is 1. The van der Waals surface area contributed by atoms with Crippen LogP contribution in [0.5, 0.6) is 0 Å². The number of nitrogens with two attached hydrogens (primary N) is 1. The van der Waals surface area contributed by atoms with Crippen molar-refractivity contribution in [2.75, 3.05) is 6.54 Å². The highest BCUT2D eigenvalue weighted by molar-refractivity contribution is 6.06.